The number of rotatable bonds is 9. The highest BCUT2D eigenvalue weighted by Crippen LogP contribution is 2.44. The zero-order chi connectivity index (χ0) is 37.5. The third kappa shape index (κ3) is 11.4. The summed E-state index contributed by atoms with van der Waals surface area (Å²) < 4.78 is 34.7. The number of aromatic nitrogens is 1. The Labute approximate surface area is 305 Å². The lowest BCUT2D eigenvalue weighted by molar-refractivity contribution is -0.159. The van der Waals surface area contributed by atoms with Crippen LogP contribution in [-0.2, 0) is 38.1 Å². The molecule has 13 heteroatoms. The fourth-order valence-corrected chi connectivity index (χ4v) is 6.92. The smallest absolute Gasteiger partial charge is 0.338 e. The minimum atomic E-state index is -0.905. The third-order valence-corrected chi connectivity index (χ3v) is 10.2. The molecule has 0 aliphatic carbocycles. The second kappa shape index (κ2) is 18.0. The Morgan fingerprint density at radius 2 is 1.90 bits per heavy atom. The molecule has 12 nitrogen and oxygen atoms in total. The molecular weight excluding hydrogens is 678 g/mol. The average molecular weight is 732 g/mol. The summed E-state index contributed by atoms with van der Waals surface area (Å²) in [5.41, 5.74) is 1.86. The van der Waals surface area contributed by atoms with Crippen LogP contribution < -0.4 is 0 Å². The second-order valence-corrected chi connectivity index (χ2v) is 14.6. The van der Waals surface area contributed by atoms with Crippen molar-refractivity contribution in [2.24, 2.45) is 17.8 Å². The van der Waals surface area contributed by atoms with Crippen LogP contribution in [0.15, 0.2) is 52.2 Å². The number of aryl methyl sites for hydroxylation is 1. The maximum absolute atomic E-state index is 13.4. The molecule has 282 valence electrons. The fourth-order valence-electron chi connectivity index (χ4n) is 6.73. The largest absolute Gasteiger partial charge is 0.481 e. The number of methoxy groups -OCH3 is 1. The first-order valence-corrected chi connectivity index (χ1v) is 18.2. The van der Waals surface area contributed by atoms with E-state index in [2.05, 4.69) is 17.6 Å². The molecule has 0 aromatic carbocycles. The molecule has 0 radical (unpaired) electrons. The van der Waals surface area contributed by atoms with Crippen LogP contribution in [0.1, 0.15) is 78.3 Å². The van der Waals surface area contributed by atoms with Gasteiger partial charge in [0.1, 0.15) is 35.9 Å². The van der Waals surface area contributed by atoms with E-state index in [1.807, 2.05) is 71.1 Å². The van der Waals surface area contributed by atoms with E-state index in [1.54, 1.807) is 20.3 Å². The zero-order valence-electron chi connectivity index (χ0n) is 30.5. The topological polar surface area (TPSA) is 170 Å². The predicted molar refractivity (Wildman–Crippen MR) is 192 cm³/mol. The van der Waals surface area contributed by atoms with Crippen LogP contribution >= 0.6 is 12.6 Å². The summed E-state index contributed by atoms with van der Waals surface area (Å²) in [6.45, 7) is 11.6. The molecule has 3 saturated heterocycles. The van der Waals surface area contributed by atoms with Gasteiger partial charge in [-0.2, -0.15) is 12.6 Å². The van der Waals surface area contributed by atoms with Crippen LogP contribution in [0.3, 0.4) is 0 Å². The molecule has 51 heavy (non-hydrogen) atoms. The minimum absolute atomic E-state index is 0.0130. The number of allylic oxidation sites excluding steroid dienone is 4. The van der Waals surface area contributed by atoms with Crippen molar-refractivity contribution >= 4 is 36.6 Å². The molecule has 2 N–H and O–H groups in total. The maximum Gasteiger partial charge on any atom is 0.338 e. The number of fused-ring (bicyclic) bond motifs is 4. The first-order valence-electron chi connectivity index (χ1n) is 17.5. The van der Waals surface area contributed by atoms with Crippen LogP contribution in [-0.4, -0.2) is 94.3 Å². The van der Waals surface area contributed by atoms with E-state index in [0.29, 0.717) is 30.9 Å². The van der Waals surface area contributed by atoms with E-state index in [0.717, 1.165) is 16.8 Å². The normalized spacial score (nSPS) is 34.5. The summed E-state index contributed by atoms with van der Waals surface area (Å²) in [6, 6.07) is 0. The molecule has 0 saturated carbocycles. The van der Waals surface area contributed by atoms with Crippen LogP contribution in [0, 0.1) is 24.7 Å². The summed E-state index contributed by atoms with van der Waals surface area (Å²) in [4.78, 5) is 39.6. The number of nitrogens with zero attached hydrogens (tertiary/aromatic N) is 1. The lowest BCUT2D eigenvalue weighted by Gasteiger charge is -2.33. The number of carboxylic acids is 1. The number of thiol groups is 1. The summed E-state index contributed by atoms with van der Waals surface area (Å²) in [5, 5.41) is 19.3. The number of oxazole rings is 1. The van der Waals surface area contributed by atoms with Crippen molar-refractivity contribution in [1.82, 2.24) is 4.98 Å². The predicted octanol–water partition coefficient (Wildman–Crippen LogP) is 5.44. The van der Waals surface area contributed by atoms with Gasteiger partial charge in [0.2, 0.25) is 0 Å². The summed E-state index contributed by atoms with van der Waals surface area (Å²) in [5.74, 6) is -0.677. The Morgan fingerprint density at radius 1 is 1.18 bits per heavy atom. The summed E-state index contributed by atoms with van der Waals surface area (Å²) in [7, 11) is 1.63. The van der Waals surface area contributed by atoms with Crippen molar-refractivity contribution < 1.29 is 52.7 Å². The number of cyclic esters (lactones) is 1. The summed E-state index contributed by atoms with van der Waals surface area (Å²) >= 11 is 3.68. The molecule has 1 aromatic heterocycles. The molecule has 5 rings (SSSR count). The number of ether oxygens (including phenoxy) is 5. The van der Waals surface area contributed by atoms with Crippen LogP contribution in [0.4, 0.5) is 0 Å². The molecule has 3 fully saturated rings. The zero-order valence-corrected chi connectivity index (χ0v) is 31.4. The van der Waals surface area contributed by atoms with Gasteiger partial charge in [0.25, 0.3) is 0 Å². The lowest BCUT2D eigenvalue weighted by atomic mass is 9.84. The number of epoxide rings is 2. The van der Waals surface area contributed by atoms with Crippen molar-refractivity contribution in [3.05, 3.63) is 59.4 Å². The van der Waals surface area contributed by atoms with Gasteiger partial charge < -0.3 is 38.3 Å². The van der Waals surface area contributed by atoms with Crippen molar-refractivity contribution in [1.29, 1.82) is 0 Å². The van der Waals surface area contributed by atoms with E-state index in [4.69, 9.17) is 33.2 Å². The minimum Gasteiger partial charge on any atom is -0.481 e. The number of esters is 2. The van der Waals surface area contributed by atoms with Crippen LogP contribution in [0.2, 0.25) is 0 Å². The molecule has 4 aliphatic heterocycles. The van der Waals surface area contributed by atoms with Gasteiger partial charge in [-0.15, -0.1) is 0 Å². The fraction of sp³-hybridized carbons (Fsp3) is 0.632. The molecular formula is C38H53NO11S. The van der Waals surface area contributed by atoms with Crippen LogP contribution in [0.5, 0.6) is 0 Å². The number of aliphatic carboxylic acids is 1. The number of aliphatic hydroxyl groups excluding tert-OH is 1. The summed E-state index contributed by atoms with van der Waals surface area (Å²) in [6.07, 6.45) is 11.8. The Balaban J connectivity index is 0.000000894. The molecule has 2 bridgehead atoms. The molecule has 0 unspecified atom stereocenters. The Bertz CT molecular complexity index is 1500. The van der Waals surface area contributed by atoms with Crippen molar-refractivity contribution in [2.75, 3.05) is 12.9 Å². The highest BCUT2D eigenvalue weighted by Gasteiger charge is 2.57. The number of carbonyl (C=O) groups is 3. The molecule has 0 spiro atoms. The molecule has 5 heterocycles. The number of aliphatic hydroxyl groups is 1. The number of carbonyl (C=O) groups excluding carboxylic acids is 2. The number of hydrogen-bond donors (Lipinski definition) is 3. The van der Waals surface area contributed by atoms with E-state index in [9.17, 15) is 19.5 Å². The standard InChI is InChI=1S/C35H47NO9.C3H6O2S/c1-19(13-25-18-41-23(5)36-25)9-8-10-21(3)32(40-7)22(4)27-17-29(37)35(6)30(45-35)12-11-20(2)26-14-24(16-31(38)42-26)15-28-33(43-28)34(39)44-27;4-3(5)1-2-6/h8-13,18,20,22,24,26-30,32-33,37H,14-17H2,1-7H3;6H,1-2H2,(H,4,5)/b9-8+,12-11+,19-13+,21-10+;/t20-,22+,24+,26-,27+,28+,29+,30-,32+,33-,35-;/m1./s1. The molecule has 0 amide bonds. The van der Waals surface area contributed by atoms with Gasteiger partial charge in [0.05, 0.1) is 24.7 Å². The maximum atomic E-state index is 13.4. The van der Waals surface area contributed by atoms with Gasteiger partial charge in [-0.25, -0.2) is 9.78 Å². The quantitative estimate of drug-likeness (QED) is 0.0969. The van der Waals surface area contributed by atoms with Gasteiger partial charge in [-0.1, -0.05) is 44.2 Å². The first kappa shape index (κ1) is 40.5. The Kier molecular flexibility index (Phi) is 14.3. The van der Waals surface area contributed by atoms with E-state index >= 15 is 0 Å². The SMILES string of the molecule is CO[C@@H](/C(C)=C/C=C/C(C)=C/c1coc(C)n1)[C@@H](C)[C@@H]1C[C@H](O)[C@@]2(C)O[C@@H]2/C=C/[C@@H](C)[C@H]2C[C@H](CC(=O)O2)C[C@@H]2O[C@H]2C(=O)O1.O=C(O)CCS. The number of carboxylic acid groups (broad SMARTS) is 1. The van der Waals surface area contributed by atoms with E-state index < -0.39 is 42.0 Å². The highest BCUT2D eigenvalue weighted by molar-refractivity contribution is 7.80. The van der Waals surface area contributed by atoms with Crippen molar-refractivity contribution in [3.8, 4) is 0 Å². The molecule has 1 aromatic rings. The van der Waals surface area contributed by atoms with Crippen LogP contribution in [0.25, 0.3) is 6.08 Å². The Morgan fingerprint density at radius 3 is 2.53 bits per heavy atom. The molecule has 4 aliphatic rings. The Hall–Kier alpha value is -3.23. The van der Waals surface area contributed by atoms with Gasteiger partial charge in [0, 0.05) is 44.5 Å². The van der Waals surface area contributed by atoms with Crippen molar-refractivity contribution in [3.63, 3.8) is 0 Å². The number of hydrogen-bond acceptors (Lipinski definition) is 12. The molecule has 11 atom stereocenters. The highest BCUT2D eigenvalue weighted by atomic mass is 32.1. The van der Waals surface area contributed by atoms with E-state index in [-0.39, 0.29) is 54.9 Å². The second-order valence-electron chi connectivity index (χ2n) is 14.2. The lowest BCUT2D eigenvalue weighted by Crippen LogP contribution is -2.42. The van der Waals surface area contributed by atoms with Gasteiger partial charge >= 0.3 is 17.9 Å². The monoisotopic (exact) mass is 731 g/mol. The van der Waals surface area contributed by atoms with E-state index in [1.165, 1.54) is 0 Å². The third-order valence-electron chi connectivity index (χ3n) is 9.96. The van der Waals surface area contributed by atoms with Gasteiger partial charge in [-0.3, -0.25) is 9.59 Å². The van der Waals surface area contributed by atoms with Gasteiger partial charge in [-0.05, 0) is 56.8 Å². The average Bonchev–Trinajstić information content (AvgIpc) is 3.94. The van der Waals surface area contributed by atoms with Gasteiger partial charge in [0.15, 0.2) is 12.0 Å². The van der Waals surface area contributed by atoms with Crippen molar-refractivity contribution in [2.45, 2.75) is 122 Å². The first-order chi connectivity index (χ1) is 24.1.